The molecule has 0 aliphatic carbocycles. The van der Waals surface area contributed by atoms with Gasteiger partial charge in [-0.1, -0.05) is 13.8 Å². The minimum absolute atomic E-state index is 0.0691. The molecular weight excluding hydrogens is 233 g/mol. The summed E-state index contributed by atoms with van der Waals surface area (Å²) in [4.78, 5) is 23.1. The maximum Gasteiger partial charge on any atom is 0.227 e. The Morgan fingerprint density at radius 3 is 2.39 bits per heavy atom. The van der Waals surface area contributed by atoms with Gasteiger partial charge >= 0.3 is 0 Å². The minimum Gasteiger partial charge on any atom is -0.323 e. The summed E-state index contributed by atoms with van der Waals surface area (Å²) in [5, 5.41) is 2.54. The number of nitrogens with one attached hydrogen (secondary N) is 1. The molecule has 4 heteroatoms. The molecule has 1 aromatic carbocycles. The highest BCUT2D eigenvalue weighted by molar-refractivity contribution is 5.97. The fraction of sp³-hybridized carbons (Fsp3) is 0.429. The fourth-order valence-electron chi connectivity index (χ4n) is 1.73. The summed E-state index contributed by atoms with van der Waals surface area (Å²) in [6, 6.07) is 3.97. The number of amides is 1. The molecule has 0 aromatic heterocycles. The summed E-state index contributed by atoms with van der Waals surface area (Å²) in [6.07, 6.45) is 1.41. The van der Waals surface area contributed by atoms with Crippen LogP contribution in [0.1, 0.15) is 44.0 Å². The van der Waals surface area contributed by atoms with Crippen LogP contribution in [-0.2, 0) is 4.79 Å². The van der Waals surface area contributed by atoms with Crippen molar-refractivity contribution in [2.24, 2.45) is 5.92 Å². The maximum atomic E-state index is 13.5. The van der Waals surface area contributed by atoms with Crippen molar-refractivity contribution in [1.29, 1.82) is 0 Å². The Morgan fingerprint density at radius 2 is 1.89 bits per heavy atom. The molecule has 1 amide bonds. The quantitative estimate of drug-likeness (QED) is 0.815. The van der Waals surface area contributed by atoms with E-state index in [1.165, 1.54) is 25.1 Å². The molecule has 0 saturated carbocycles. The standard InChI is InChI=1S/C14H18FNO2/c1-4-10(5-2)14(18)16-13-8-11(9(3)17)6-7-12(13)15/h6-8,10H,4-5H2,1-3H3,(H,16,18). The lowest BCUT2D eigenvalue weighted by Crippen LogP contribution is -2.22. The summed E-state index contributed by atoms with van der Waals surface area (Å²) in [7, 11) is 0. The molecule has 0 spiro atoms. The number of benzene rings is 1. The first kappa shape index (κ1) is 14.4. The lowest BCUT2D eigenvalue weighted by Gasteiger charge is -2.13. The number of carbonyl (C=O) groups excluding carboxylic acids is 2. The number of anilines is 1. The number of halogens is 1. The average Bonchev–Trinajstić information content (AvgIpc) is 2.33. The Hall–Kier alpha value is -1.71. The summed E-state index contributed by atoms with van der Waals surface area (Å²) in [5.41, 5.74) is 0.454. The zero-order chi connectivity index (χ0) is 13.7. The van der Waals surface area contributed by atoms with Crippen LogP contribution >= 0.6 is 0 Å². The molecule has 1 N–H and O–H groups in total. The topological polar surface area (TPSA) is 46.2 Å². The van der Waals surface area contributed by atoms with Gasteiger partial charge in [0.05, 0.1) is 5.69 Å². The molecule has 1 aromatic rings. The Balaban J connectivity index is 2.93. The second-order valence-electron chi connectivity index (χ2n) is 4.25. The first-order chi connectivity index (χ1) is 8.49. The van der Waals surface area contributed by atoms with Crippen LogP contribution in [0, 0.1) is 11.7 Å². The number of ketones is 1. The van der Waals surface area contributed by atoms with Crippen LogP contribution in [0.2, 0.25) is 0 Å². The van der Waals surface area contributed by atoms with Gasteiger partial charge in [0.15, 0.2) is 5.78 Å². The highest BCUT2D eigenvalue weighted by Crippen LogP contribution is 2.19. The average molecular weight is 251 g/mol. The van der Waals surface area contributed by atoms with Crippen molar-refractivity contribution in [3.8, 4) is 0 Å². The number of hydrogen-bond acceptors (Lipinski definition) is 2. The molecule has 0 bridgehead atoms. The van der Waals surface area contributed by atoms with Crippen molar-refractivity contribution in [1.82, 2.24) is 0 Å². The molecule has 18 heavy (non-hydrogen) atoms. The van der Waals surface area contributed by atoms with Crippen molar-refractivity contribution < 1.29 is 14.0 Å². The number of rotatable bonds is 5. The number of carbonyl (C=O) groups is 2. The highest BCUT2D eigenvalue weighted by atomic mass is 19.1. The van der Waals surface area contributed by atoms with Crippen LogP contribution in [0.25, 0.3) is 0 Å². The Morgan fingerprint density at radius 1 is 1.28 bits per heavy atom. The third kappa shape index (κ3) is 3.39. The van der Waals surface area contributed by atoms with Gasteiger partial charge in [-0.2, -0.15) is 0 Å². The van der Waals surface area contributed by atoms with Gasteiger partial charge in [0.2, 0.25) is 5.91 Å². The van der Waals surface area contributed by atoms with Gasteiger partial charge in [-0.05, 0) is 38.0 Å². The number of hydrogen-bond donors (Lipinski definition) is 1. The van der Waals surface area contributed by atoms with Crippen LogP contribution in [-0.4, -0.2) is 11.7 Å². The van der Waals surface area contributed by atoms with Crippen LogP contribution in [0.4, 0.5) is 10.1 Å². The second kappa shape index (κ2) is 6.28. The summed E-state index contributed by atoms with van der Waals surface area (Å²) in [6.45, 7) is 5.23. The van der Waals surface area contributed by atoms with E-state index in [-0.39, 0.29) is 23.3 Å². The van der Waals surface area contributed by atoms with Gasteiger partial charge < -0.3 is 5.32 Å². The van der Waals surface area contributed by atoms with Gasteiger partial charge in [-0.3, -0.25) is 9.59 Å². The van der Waals surface area contributed by atoms with E-state index in [0.717, 1.165) is 0 Å². The highest BCUT2D eigenvalue weighted by Gasteiger charge is 2.16. The Bertz CT molecular complexity index is 453. The lowest BCUT2D eigenvalue weighted by molar-refractivity contribution is -0.120. The van der Waals surface area contributed by atoms with Crippen molar-refractivity contribution in [3.63, 3.8) is 0 Å². The smallest absolute Gasteiger partial charge is 0.227 e. The third-order valence-corrected chi connectivity index (χ3v) is 2.99. The van der Waals surface area contributed by atoms with Crippen LogP contribution in [0.5, 0.6) is 0 Å². The third-order valence-electron chi connectivity index (χ3n) is 2.99. The van der Waals surface area contributed by atoms with Crippen molar-refractivity contribution in [2.75, 3.05) is 5.32 Å². The largest absolute Gasteiger partial charge is 0.323 e. The summed E-state index contributed by atoms with van der Waals surface area (Å²) >= 11 is 0. The van der Waals surface area contributed by atoms with Crippen molar-refractivity contribution in [3.05, 3.63) is 29.6 Å². The molecule has 0 heterocycles. The van der Waals surface area contributed by atoms with Crippen molar-refractivity contribution in [2.45, 2.75) is 33.6 Å². The Labute approximate surface area is 106 Å². The number of Topliss-reactive ketones (excluding diaryl/α,β-unsaturated/α-hetero) is 1. The molecule has 0 aliphatic heterocycles. The summed E-state index contributed by atoms with van der Waals surface area (Å²) in [5.74, 6) is -1.03. The molecule has 0 aliphatic rings. The van der Waals surface area contributed by atoms with E-state index in [1.54, 1.807) is 0 Å². The monoisotopic (exact) mass is 251 g/mol. The zero-order valence-electron chi connectivity index (χ0n) is 10.9. The first-order valence-electron chi connectivity index (χ1n) is 6.10. The normalized spacial score (nSPS) is 10.5. The van der Waals surface area contributed by atoms with E-state index in [4.69, 9.17) is 0 Å². The molecule has 1 rings (SSSR count). The van der Waals surface area contributed by atoms with Crippen LogP contribution in [0.15, 0.2) is 18.2 Å². The molecule has 0 radical (unpaired) electrons. The van der Waals surface area contributed by atoms with E-state index in [9.17, 15) is 14.0 Å². The van der Waals surface area contributed by atoms with Crippen molar-refractivity contribution >= 4 is 17.4 Å². The van der Waals surface area contributed by atoms with Crippen LogP contribution in [0.3, 0.4) is 0 Å². The van der Waals surface area contributed by atoms with Gasteiger partial charge in [-0.15, -0.1) is 0 Å². The predicted molar refractivity (Wildman–Crippen MR) is 69.1 cm³/mol. The lowest BCUT2D eigenvalue weighted by atomic mass is 10.0. The fourth-order valence-corrected chi connectivity index (χ4v) is 1.73. The molecule has 0 fully saturated rings. The molecule has 0 unspecified atom stereocenters. The first-order valence-corrected chi connectivity index (χ1v) is 6.10. The predicted octanol–water partition coefficient (Wildman–Crippen LogP) is 3.40. The molecule has 0 saturated heterocycles. The van der Waals surface area contributed by atoms with Gasteiger partial charge in [-0.25, -0.2) is 4.39 Å². The molecule has 0 atom stereocenters. The van der Waals surface area contributed by atoms with Gasteiger partial charge in [0.25, 0.3) is 0 Å². The SMILES string of the molecule is CCC(CC)C(=O)Nc1cc(C(C)=O)ccc1F. The van der Waals surface area contributed by atoms with Gasteiger partial charge in [0.1, 0.15) is 5.82 Å². The molecule has 98 valence electrons. The zero-order valence-corrected chi connectivity index (χ0v) is 10.9. The Kier molecular flexibility index (Phi) is 5.01. The van der Waals surface area contributed by atoms with Gasteiger partial charge in [0, 0.05) is 11.5 Å². The van der Waals surface area contributed by atoms with Crippen LogP contribution < -0.4 is 5.32 Å². The summed E-state index contributed by atoms with van der Waals surface area (Å²) < 4.78 is 13.5. The molecule has 3 nitrogen and oxygen atoms in total. The molecular formula is C14H18FNO2. The minimum atomic E-state index is -0.528. The van der Waals surface area contributed by atoms with E-state index in [1.807, 2.05) is 13.8 Å². The van der Waals surface area contributed by atoms with E-state index in [2.05, 4.69) is 5.32 Å². The van der Waals surface area contributed by atoms with E-state index < -0.39 is 5.82 Å². The second-order valence-corrected chi connectivity index (χ2v) is 4.25. The van der Waals surface area contributed by atoms with E-state index >= 15 is 0 Å². The maximum absolute atomic E-state index is 13.5. The van der Waals surface area contributed by atoms with E-state index in [0.29, 0.717) is 18.4 Å².